The minimum absolute atomic E-state index is 0.158. The van der Waals surface area contributed by atoms with Gasteiger partial charge >= 0.3 is 11.9 Å². The van der Waals surface area contributed by atoms with Crippen molar-refractivity contribution in [3.63, 3.8) is 0 Å². The molecule has 0 bridgehead atoms. The maximum atomic E-state index is 13.7. The van der Waals surface area contributed by atoms with Crippen molar-refractivity contribution < 1.29 is 57.0 Å². The molecule has 2 aliphatic rings. The van der Waals surface area contributed by atoms with Crippen LogP contribution in [0.4, 0.5) is 0 Å². The van der Waals surface area contributed by atoms with Crippen molar-refractivity contribution in [1.82, 2.24) is 0 Å². The lowest BCUT2D eigenvalue weighted by atomic mass is 9.97. The minimum Gasteiger partial charge on any atom is -0.459 e. The second-order valence-corrected chi connectivity index (χ2v) is 17.8. The van der Waals surface area contributed by atoms with Crippen molar-refractivity contribution in [3.8, 4) is 0 Å². The van der Waals surface area contributed by atoms with E-state index >= 15 is 0 Å². The van der Waals surface area contributed by atoms with Crippen molar-refractivity contribution in [2.24, 2.45) is 0 Å². The van der Waals surface area contributed by atoms with E-state index in [4.69, 9.17) is 47.4 Å². The van der Waals surface area contributed by atoms with Gasteiger partial charge in [-0.3, -0.25) is 0 Å². The van der Waals surface area contributed by atoms with E-state index in [1.54, 1.807) is 42.5 Å². The van der Waals surface area contributed by atoms with Gasteiger partial charge < -0.3 is 47.4 Å². The summed E-state index contributed by atoms with van der Waals surface area (Å²) in [5, 5.41) is 0. The lowest BCUT2D eigenvalue weighted by Crippen LogP contribution is -2.63. The van der Waals surface area contributed by atoms with Crippen LogP contribution in [0.2, 0.25) is 0 Å². The first-order valence-electron chi connectivity index (χ1n) is 25.0. The van der Waals surface area contributed by atoms with E-state index in [-0.39, 0.29) is 58.2 Å². The number of benzene rings is 6. The first-order valence-corrected chi connectivity index (χ1v) is 25.0. The molecule has 6 aromatic carbocycles. The molecule has 2 heterocycles. The Morgan fingerprint density at radius 2 is 0.932 bits per heavy atom. The molecule has 7 unspecified atom stereocenters. The van der Waals surface area contributed by atoms with Gasteiger partial charge in [0.25, 0.3) is 0 Å². The highest BCUT2D eigenvalue weighted by Gasteiger charge is 2.52. The van der Waals surface area contributed by atoms with Crippen LogP contribution in [0.3, 0.4) is 0 Å². The third-order valence-electron chi connectivity index (χ3n) is 12.5. The number of carbonyl (C=O) groups is 2. The first-order chi connectivity index (χ1) is 36.4. The average molecular weight is 1000 g/mol. The average Bonchev–Trinajstić information content (AvgIpc) is 3.45. The van der Waals surface area contributed by atoms with Gasteiger partial charge in [0.2, 0.25) is 0 Å². The molecule has 9 atom stereocenters. The SMILES string of the molecule is C=C/C(=C\C=C/C)C(=O)OCC1OC(O[C@@H]2C[C@@H](OCc3ccccc3)C(OCc3ccccc3)C(COC(=O)c3ccccc3)O2)C(OCc2ccccc2)C(OCc2ccccc2)C1OCc1ccccc1. The molecule has 0 radical (unpaired) electrons. The topological polar surface area (TPSA) is 126 Å². The Labute approximate surface area is 434 Å². The molecular weight excluding hydrogens is 937 g/mol. The van der Waals surface area contributed by atoms with Gasteiger partial charge in [0.05, 0.1) is 50.3 Å². The summed E-state index contributed by atoms with van der Waals surface area (Å²) in [5.74, 6) is -1.13. The molecule has 0 spiro atoms. The van der Waals surface area contributed by atoms with Crippen molar-refractivity contribution in [2.45, 2.75) is 102 Å². The van der Waals surface area contributed by atoms with Crippen molar-refractivity contribution in [1.29, 1.82) is 0 Å². The Kier molecular flexibility index (Phi) is 20.6. The zero-order valence-corrected chi connectivity index (χ0v) is 41.6. The Morgan fingerprint density at radius 3 is 1.42 bits per heavy atom. The molecule has 0 N–H and O–H groups in total. The molecule has 2 saturated heterocycles. The van der Waals surface area contributed by atoms with E-state index in [9.17, 15) is 9.59 Å². The molecule has 6 aromatic rings. The fourth-order valence-electron chi connectivity index (χ4n) is 8.65. The van der Waals surface area contributed by atoms with Crippen LogP contribution < -0.4 is 0 Å². The Balaban J connectivity index is 1.15. The zero-order valence-electron chi connectivity index (χ0n) is 41.6. The number of allylic oxidation sites excluding steroid dienone is 3. The van der Waals surface area contributed by atoms with Gasteiger partial charge in [-0.25, -0.2) is 9.59 Å². The number of ether oxygens (including phenoxy) is 10. The van der Waals surface area contributed by atoms with Gasteiger partial charge in [-0.05, 0) is 52.9 Å². The molecule has 12 heteroatoms. The molecule has 2 fully saturated rings. The van der Waals surface area contributed by atoms with Crippen LogP contribution in [0, 0.1) is 0 Å². The molecule has 2 aliphatic heterocycles. The smallest absolute Gasteiger partial charge is 0.338 e. The summed E-state index contributed by atoms with van der Waals surface area (Å²) in [6, 6.07) is 57.7. The molecule has 12 nitrogen and oxygen atoms in total. The van der Waals surface area contributed by atoms with Crippen LogP contribution in [0.1, 0.15) is 51.5 Å². The van der Waals surface area contributed by atoms with Gasteiger partial charge in [0.1, 0.15) is 49.8 Å². The van der Waals surface area contributed by atoms with Crippen LogP contribution in [0.5, 0.6) is 0 Å². The Bertz CT molecular complexity index is 2650. The minimum atomic E-state index is -1.22. The van der Waals surface area contributed by atoms with E-state index < -0.39 is 67.2 Å². The van der Waals surface area contributed by atoms with Crippen LogP contribution in [-0.2, 0) is 85.2 Å². The van der Waals surface area contributed by atoms with E-state index in [1.807, 2.05) is 165 Å². The second-order valence-electron chi connectivity index (χ2n) is 17.8. The predicted octanol–water partition coefficient (Wildman–Crippen LogP) is 10.9. The van der Waals surface area contributed by atoms with Crippen LogP contribution in [0.15, 0.2) is 218 Å². The van der Waals surface area contributed by atoms with Gasteiger partial charge in [0, 0.05) is 6.42 Å². The highest BCUT2D eigenvalue weighted by molar-refractivity contribution is 5.91. The summed E-state index contributed by atoms with van der Waals surface area (Å²) in [6.45, 7) is 6.25. The maximum Gasteiger partial charge on any atom is 0.338 e. The zero-order chi connectivity index (χ0) is 51.2. The quantitative estimate of drug-likeness (QED) is 0.0308. The van der Waals surface area contributed by atoms with Gasteiger partial charge in [-0.2, -0.15) is 0 Å². The van der Waals surface area contributed by atoms with E-state index in [0.717, 1.165) is 27.8 Å². The Morgan fingerprint density at radius 1 is 0.514 bits per heavy atom. The third-order valence-corrected chi connectivity index (χ3v) is 12.5. The summed E-state index contributed by atoms with van der Waals surface area (Å²) < 4.78 is 67.0. The summed E-state index contributed by atoms with van der Waals surface area (Å²) in [6.07, 6.45) is -1.39. The summed E-state index contributed by atoms with van der Waals surface area (Å²) in [4.78, 5) is 27.2. The molecule has 0 amide bonds. The highest BCUT2D eigenvalue weighted by Crippen LogP contribution is 2.36. The largest absolute Gasteiger partial charge is 0.459 e. The van der Waals surface area contributed by atoms with Crippen molar-refractivity contribution >= 4 is 11.9 Å². The van der Waals surface area contributed by atoms with Crippen molar-refractivity contribution in [2.75, 3.05) is 13.2 Å². The second kappa shape index (κ2) is 28.6. The van der Waals surface area contributed by atoms with Gasteiger partial charge in [-0.1, -0.05) is 195 Å². The number of rotatable bonds is 25. The molecule has 0 saturated carbocycles. The van der Waals surface area contributed by atoms with Crippen LogP contribution in [-0.4, -0.2) is 80.5 Å². The highest BCUT2D eigenvalue weighted by atomic mass is 16.8. The maximum absolute atomic E-state index is 13.7. The summed E-state index contributed by atoms with van der Waals surface area (Å²) in [7, 11) is 0. The lowest BCUT2D eigenvalue weighted by molar-refractivity contribution is -0.373. The molecule has 0 aromatic heterocycles. The molecule has 8 rings (SSSR count). The summed E-state index contributed by atoms with van der Waals surface area (Å²) in [5.41, 5.74) is 5.26. The van der Waals surface area contributed by atoms with Gasteiger partial charge in [-0.15, -0.1) is 0 Å². The molecular formula is C62H64O12. The van der Waals surface area contributed by atoms with Crippen LogP contribution in [0.25, 0.3) is 0 Å². The molecule has 0 aliphatic carbocycles. The predicted molar refractivity (Wildman–Crippen MR) is 279 cm³/mol. The van der Waals surface area contributed by atoms with Gasteiger partial charge in [0.15, 0.2) is 12.6 Å². The summed E-state index contributed by atoms with van der Waals surface area (Å²) >= 11 is 0. The fraction of sp³-hybridized carbons (Fsp3) is 0.290. The lowest BCUT2D eigenvalue weighted by Gasteiger charge is -2.48. The standard InChI is InChI=1S/C62H64O12/c1-3-5-34-50(4-2)60(63)70-44-54-57(67-40-47-28-16-8-17-29-47)58(68-41-48-30-18-9-19-31-48)59(69-42-49-32-20-10-21-33-49)62(73-54)74-55-37-52(65-38-45-24-12-6-13-25-45)56(66-39-46-26-14-7-15-27-46)53(72-55)43-71-61(64)51-35-22-11-23-36-51/h3-36,52-59,62H,2,37-44H2,1H3/b5-3-,50-34+/t52-,53?,54?,55-,56?,57?,58?,59?,62?/m1/s1. The number of carbonyl (C=O) groups excluding carboxylic acids is 2. The van der Waals surface area contributed by atoms with E-state index in [1.165, 1.54) is 6.08 Å². The number of esters is 2. The molecule has 74 heavy (non-hydrogen) atoms. The first kappa shape index (κ1) is 53.5. The number of hydrogen-bond acceptors (Lipinski definition) is 12. The van der Waals surface area contributed by atoms with E-state index in [0.29, 0.717) is 5.56 Å². The molecule has 384 valence electrons. The van der Waals surface area contributed by atoms with E-state index in [2.05, 4.69) is 6.58 Å². The Hall–Kier alpha value is -6.84. The van der Waals surface area contributed by atoms with Crippen LogP contribution >= 0.6 is 0 Å². The number of hydrogen-bond donors (Lipinski definition) is 0. The fourth-order valence-corrected chi connectivity index (χ4v) is 8.65. The monoisotopic (exact) mass is 1000 g/mol. The normalized spacial score (nSPS) is 23.0. The van der Waals surface area contributed by atoms with Crippen molar-refractivity contribution in [3.05, 3.63) is 252 Å². The third kappa shape index (κ3) is 15.8.